The van der Waals surface area contributed by atoms with Gasteiger partial charge in [0.1, 0.15) is 11.6 Å². The van der Waals surface area contributed by atoms with Crippen LogP contribution in [0.3, 0.4) is 0 Å². The summed E-state index contributed by atoms with van der Waals surface area (Å²) in [6, 6.07) is 10.4. The van der Waals surface area contributed by atoms with Crippen LogP contribution in [-0.4, -0.2) is 26.9 Å². The molecule has 1 amide bonds. The van der Waals surface area contributed by atoms with Gasteiger partial charge in [-0.3, -0.25) is 14.6 Å². The van der Waals surface area contributed by atoms with Crippen LogP contribution in [0.2, 0.25) is 0 Å². The molecule has 7 heteroatoms. The van der Waals surface area contributed by atoms with E-state index >= 15 is 0 Å². The molecule has 34 heavy (non-hydrogen) atoms. The number of carbonyl (C=O) groups excluding carboxylic acids is 1. The van der Waals surface area contributed by atoms with Crippen molar-refractivity contribution in [2.24, 2.45) is 5.92 Å². The molecule has 2 aliphatic rings. The second kappa shape index (κ2) is 9.33. The zero-order valence-corrected chi connectivity index (χ0v) is 18.7. The lowest BCUT2D eigenvalue weighted by atomic mass is 9.91. The van der Waals surface area contributed by atoms with Crippen LogP contribution in [0.4, 0.5) is 8.78 Å². The molecule has 1 aliphatic heterocycles. The van der Waals surface area contributed by atoms with E-state index in [2.05, 4.69) is 17.1 Å². The van der Waals surface area contributed by atoms with E-state index < -0.39 is 11.6 Å². The summed E-state index contributed by atoms with van der Waals surface area (Å²) >= 11 is 0. The Hall–Kier alpha value is -3.61. The molecule has 0 saturated heterocycles. The first-order chi connectivity index (χ1) is 16.5. The summed E-state index contributed by atoms with van der Waals surface area (Å²) in [4.78, 5) is 32.9. The summed E-state index contributed by atoms with van der Waals surface area (Å²) in [5.41, 5.74) is 2.18. The minimum Gasteiger partial charge on any atom is -0.338 e. The SMILES string of the molecule is O=C(C1CC=CCC1)N1CCc2c(cc(-c3ccc(F)cc3F)c(=O)n2Cc2ccccn2)C1. The van der Waals surface area contributed by atoms with E-state index in [-0.39, 0.29) is 35.1 Å². The lowest BCUT2D eigenvalue weighted by Gasteiger charge is -2.33. The van der Waals surface area contributed by atoms with Crippen LogP contribution in [0, 0.1) is 17.6 Å². The lowest BCUT2D eigenvalue weighted by Crippen LogP contribution is -2.42. The monoisotopic (exact) mass is 461 g/mol. The number of halogens is 2. The highest BCUT2D eigenvalue weighted by atomic mass is 19.1. The largest absolute Gasteiger partial charge is 0.338 e. The molecule has 1 atom stereocenters. The van der Waals surface area contributed by atoms with Gasteiger partial charge < -0.3 is 9.47 Å². The predicted octanol–water partition coefficient (Wildman–Crippen LogP) is 4.48. The fourth-order valence-electron chi connectivity index (χ4n) is 4.90. The maximum Gasteiger partial charge on any atom is 0.259 e. The number of hydrogen-bond acceptors (Lipinski definition) is 3. The summed E-state index contributed by atoms with van der Waals surface area (Å²) in [6.07, 6.45) is 8.84. The molecule has 0 fully saturated rings. The van der Waals surface area contributed by atoms with E-state index in [0.29, 0.717) is 25.2 Å². The normalized spacial score (nSPS) is 17.5. The number of fused-ring (bicyclic) bond motifs is 1. The second-order valence-electron chi connectivity index (χ2n) is 8.86. The molecule has 0 spiro atoms. The van der Waals surface area contributed by atoms with Crippen molar-refractivity contribution in [1.82, 2.24) is 14.5 Å². The van der Waals surface area contributed by atoms with Crippen molar-refractivity contribution in [2.75, 3.05) is 6.54 Å². The number of carbonyl (C=O) groups is 1. The Balaban J connectivity index is 1.58. The van der Waals surface area contributed by atoms with Crippen molar-refractivity contribution in [3.63, 3.8) is 0 Å². The van der Waals surface area contributed by atoms with Gasteiger partial charge in [0.05, 0.1) is 17.8 Å². The van der Waals surface area contributed by atoms with Crippen molar-refractivity contribution in [3.05, 3.63) is 99.8 Å². The molecule has 174 valence electrons. The standard InChI is InChI=1S/C27H25F2N3O2/c28-20-9-10-22(24(29)15-20)23-14-19-16-31(26(33)18-6-2-1-3-7-18)13-11-25(19)32(27(23)34)17-21-8-4-5-12-30-21/h1-2,4-5,8-10,12,14-15,18H,3,6-7,11,13,16-17H2. The van der Waals surface area contributed by atoms with Crippen molar-refractivity contribution < 1.29 is 13.6 Å². The van der Waals surface area contributed by atoms with Gasteiger partial charge in [0, 0.05) is 48.9 Å². The Morgan fingerprint density at radius 1 is 1.09 bits per heavy atom. The zero-order chi connectivity index (χ0) is 23.7. The Labute approximate surface area is 196 Å². The van der Waals surface area contributed by atoms with Crippen LogP contribution in [0.25, 0.3) is 11.1 Å². The van der Waals surface area contributed by atoms with Crippen molar-refractivity contribution in [1.29, 1.82) is 0 Å². The summed E-state index contributed by atoms with van der Waals surface area (Å²) in [5.74, 6) is -1.41. The minimum absolute atomic E-state index is 0.0278. The van der Waals surface area contributed by atoms with Crippen molar-refractivity contribution in [2.45, 2.75) is 38.8 Å². The van der Waals surface area contributed by atoms with E-state index in [0.717, 1.165) is 42.7 Å². The van der Waals surface area contributed by atoms with Gasteiger partial charge in [-0.05, 0) is 55.2 Å². The summed E-state index contributed by atoms with van der Waals surface area (Å²) in [7, 11) is 0. The van der Waals surface area contributed by atoms with Gasteiger partial charge in [-0.25, -0.2) is 8.78 Å². The Morgan fingerprint density at radius 3 is 2.71 bits per heavy atom. The van der Waals surface area contributed by atoms with Gasteiger partial charge in [-0.15, -0.1) is 0 Å². The van der Waals surface area contributed by atoms with Crippen LogP contribution < -0.4 is 5.56 Å². The van der Waals surface area contributed by atoms with Gasteiger partial charge in [-0.2, -0.15) is 0 Å². The van der Waals surface area contributed by atoms with Crippen LogP contribution in [0.1, 0.15) is 36.2 Å². The number of nitrogens with zero attached hydrogens (tertiary/aromatic N) is 3. The molecular formula is C27H25F2N3O2. The van der Waals surface area contributed by atoms with Crippen LogP contribution >= 0.6 is 0 Å². The van der Waals surface area contributed by atoms with Gasteiger partial charge in [0.2, 0.25) is 5.91 Å². The third kappa shape index (κ3) is 4.30. The maximum absolute atomic E-state index is 14.7. The fourth-order valence-corrected chi connectivity index (χ4v) is 4.90. The topological polar surface area (TPSA) is 55.2 Å². The molecule has 0 bridgehead atoms. The molecule has 5 rings (SSSR count). The highest BCUT2D eigenvalue weighted by molar-refractivity contribution is 5.79. The number of pyridine rings is 2. The average Bonchev–Trinajstić information content (AvgIpc) is 2.86. The first-order valence-electron chi connectivity index (χ1n) is 11.6. The number of allylic oxidation sites excluding steroid dienone is 2. The average molecular weight is 462 g/mol. The quantitative estimate of drug-likeness (QED) is 0.539. The van der Waals surface area contributed by atoms with Gasteiger partial charge >= 0.3 is 0 Å². The third-order valence-electron chi connectivity index (χ3n) is 6.67. The molecular weight excluding hydrogens is 436 g/mol. The molecule has 3 aromatic rings. The van der Waals surface area contributed by atoms with E-state index in [9.17, 15) is 18.4 Å². The summed E-state index contributed by atoms with van der Waals surface area (Å²) in [6.45, 7) is 1.12. The highest BCUT2D eigenvalue weighted by Crippen LogP contribution is 2.28. The Morgan fingerprint density at radius 2 is 1.97 bits per heavy atom. The number of amides is 1. The minimum atomic E-state index is -0.792. The third-order valence-corrected chi connectivity index (χ3v) is 6.67. The van der Waals surface area contributed by atoms with Crippen LogP contribution in [0.5, 0.6) is 0 Å². The second-order valence-corrected chi connectivity index (χ2v) is 8.86. The van der Waals surface area contributed by atoms with Gasteiger partial charge in [-0.1, -0.05) is 18.2 Å². The molecule has 1 aliphatic carbocycles. The summed E-state index contributed by atoms with van der Waals surface area (Å²) in [5, 5.41) is 0. The maximum atomic E-state index is 14.7. The van der Waals surface area contributed by atoms with E-state index in [1.165, 1.54) is 6.07 Å². The molecule has 3 heterocycles. The first kappa shape index (κ1) is 22.2. The fraction of sp³-hybridized carbons (Fsp3) is 0.296. The number of hydrogen-bond donors (Lipinski definition) is 0. The Kier molecular flexibility index (Phi) is 6.09. The Bertz CT molecular complexity index is 1320. The first-order valence-corrected chi connectivity index (χ1v) is 11.6. The molecule has 0 N–H and O–H groups in total. The van der Waals surface area contributed by atoms with E-state index in [1.807, 2.05) is 17.0 Å². The summed E-state index contributed by atoms with van der Waals surface area (Å²) < 4.78 is 29.8. The zero-order valence-electron chi connectivity index (χ0n) is 18.7. The number of aromatic nitrogens is 2. The smallest absolute Gasteiger partial charge is 0.259 e. The molecule has 5 nitrogen and oxygen atoms in total. The molecule has 2 aromatic heterocycles. The highest BCUT2D eigenvalue weighted by Gasteiger charge is 2.29. The molecule has 1 unspecified atom stereocenters. The van der Waals surface area contributed by atoms with Gasteiger partial charge in [0.15, 0.2) is 0 Å². The number of benzene rings is 1. The number of rotatable bonds is 4. The molecule has 0 radical (unpaired) electrons. The molecule has 0 saturated carbocycles. The molecule has 1 aromatic carbocycles. The van der Waals surface area contributed by atoms with E-state index in [1.54, 1.807) is 22.9 Å². The van der Waals surface area contributed by atoms with E-state index in [4.69, 9.17) is 0 Å². The van der Waals surface area contributed by atoms with Crippen molar-refractivity contribution >= 4 is 5.91 Å². The lowest BCUT2D eigenvalue weighted by molar-refractivity contribution is -0.136. The predicted molar refractivity (Wildman–Crippen MR) is 125 cm³/mol. The van der Waals surface area contributed by atoms with Crippen LogP contribution in [0.15, 0.2) is 65.6 Å². The van der Waals surface area contributed by atoms with Gasteiger partial charge in [0.25, 0.3) is 5.56 Å². The van der Waals surface area contributed by atoms with Crippen molar-refractivity contribution in [3.8, 4) is 11.1 Å². The van der Waals surface area contributed by atoms with Crippen LogP contribution in [-0.2, 0) is 24.3 Å².